The first kappa shape index (κ1) is 11.7. The Bertz CT molecular complexity index is 572. The predicted octanol–water partition coefficient (Wildman–Crippen LogP) is 3.22. The Kier molecular flexibility index (Phi) is 2.66. The molecular weight excluding hydrogens is 260 g/mol. The first-order chi connectivity index (χ1) is 8.55. The summed E-state index contributed by atoms with van der Waals surface area (Å²) in [6, 6.07) is 3.54. The molecule has 1 aliphatic rings. The molecule has 3 nitrogen and oxygen atoms in total. The molecule has 18 heavy (non-hydrogen) atoms. The van der Waals surface area contributed by atoms with E-state index >= 15 is 0 Å². The highest BCUT2D eigenvalue weighted by atomic mass is 35.5. The molecule has 0 N–H and O–H groups in total. The number of aromatic nitrogens is 2. The van der Waals surface area contributed by atoms with Crippen molar-refractivity contribution < 1.29 is 8.78 Å². The Morgan fingerprint density at radius 1 is 1.22 bits per heavy atom. The zero-order valence-electron chi connectivity index (χ0n) is 9.61. The summed E-state index contributed by atoms with van der Waals surface area (Å²) < 4.78 is 28.2. The lowest BCUT2D eigenvalue weighted by atomic mass is 10.1. The molecule has 1 saturated heterocycles. The Hall–Kier alpha value is -1.36. The average molecular weight is 272 g/mol. The summed E-state index contributed by atoms with van der Waals surface area (Å²) in [6.07, 6.45) is 3.26. The minimum atomic E-state index is -2.54. The van der Waals surface area contributed by atoms with Crippen LogP contribution in [-0.4, -0.2) is 28.4 Å². The quantitative estimate of drug-likeness (QED) is 0.794. The molecule has 0 atom stereocenters. The normalized spacial score (nSPS) is 19.4. The van der Waals surface area contributed by atoms with E-state index < -0.39 is 5.92 Å². The zero-order valence-corrected chi connectivity index (χ0v) is 10.4. The van der Waals surface area contributed by atoms with Gasteiger partial charge in [0.25, 0.3) is 5.92 Å². The lowest BCUT2D eigenvalue weighted by Gasteiger charge is -2.33. The standard InChI is InChI=1S/C12H12ClF2N3/c13-9-7-10-16-3-6-18(10)11(8-9)17-4-1-12(14,15)2-5-17/h3,6-8H,1-2,4-5H2. The SMILES string of the molecule is FC1(F)CCN(c2cc(Cl)cc3nccn23)CC1. The van der Waals surface area contributed by atoms with Crippen LogP contribution in [-0.2, 0) is 0 Å². The van der Waals surface area contributed by atoms with Crippen LogP contribution in [0.25, 0.3) is 5.65 Å². The number of anilines is 1. The van der Waals surface area contributed by atoms with Crippen molar-refractivity contribution in [1.29, 1.82) is 0 Å². The highest BCUT2D eigenvalue weighted by Crippen LogP contribution is 2.31. The van der Waals surface area contributed by atoms with E-state index in [-0.39, 0.29) is 12.8 Å². The van der Waals surface area contributed by atoms with E-state index in [9.17, 15) is 8.78 Å². The topological polar surface area (TPSA) is 20.5 Å². The van der Waals surface area contributed by atoms with Crippen molar-refractivity contribution in [1.82, 2.24) is 9.38 Å². The number of nitrogens with zero attached hydrogens (tertiary/aromatic N) is 3. The van der Waals surface area contributed by atoms with Gasteiger partial charge in [-0.1, -0.05) is 11.6 Å². The van der Waals surface area contributed by atoms with E-state index in [2.05, 4.69) is 4.98 Å². The second kappa shape index (κ2) is 4.09. The molecule has 0 spiro atoms. The fraction of sp³-hybridized carbons (Fsp3) is 0.417. The maximum atomic E-state index is 13.2. The molecule has 3 heterocycles. The van der Waals surface area contributed by atoms with Crippen molar-refractivity contribution in [2.45, 2.75) is 18.8 Å². The largest absolute Gasteiger partial charge is 0.357 e. The number of rotatable bonds is 1. The second-order valence-electron chi connectivity index (χ2n) is 4.53. The van der Waals surface area contributed by atoms with Gasteiger partial charge in [0.05, 0.1) is 0 Å². The molecule has 0 amide bonds. The number of fused-ring (bicyclic) bond motifs is 1. The summed E-state index contributed by atoms with van der Waals surface area (Å²) in [6.45, 7) is 0.668. The molecule has 0 saturated carbocycles. The van der Waals surface area contributed by atoms with Crippen LogP contribution in [0.4, 0.5) is 14.6 Å². The molecule has 3 rings (SSSR count). The third-order valence-electron chi connectivity index (χ3n) is 3.27. The number of pyridine rings is 1. The van der Waals surface area contributed by atoms with E-state index in [1.807, 2.05) is 15.5 Å². The molecule has 0 aromatic carbocycles. The lowest BCUT2D eigenvalue weighted by molar-refractivity contribution is -0.0221. The van der Waals surface area contributed by atoms with Gasteiger partial charge in [-0.15, -0.1) is 0 Å². The molecule has 2 aromatic rings. The third-order valence-corrected chi connectivity index (χ3v) is 3.49. The second-order valence-corrected chi connectivity index (χ2v) is 4.97. The van der Waals surface area contributed by atoms with E-state index in [0.29, 0.717) is 18.1 Å². The van der Waals surface area contributed by atoms with Crippen molar-refractivity contribution in [3.8, 4) is 0 Å². The summed E-state index contributed by atoms with van der Waals surface area (Å²) in [5.41, 5.74) is 0.731. The molecule has 2 aromatic heterocycles. The summed E-state index contributed by atoms with van der Waals surface area (Å²) in [4.78, 5) is 6.10. The molecule has 6 heteroatoms. The molecule has 0 aliphatic carbocycles. The van der Waals surface area contributed by atoms with E-state index in [1.54, 1.807) is 18.3 Å². The van der Waals surface area contributed by atoms with Crippen molar-refractivity contribution in [3.05, 3.63) is 29.5 Å². The average Bonchev–Trinajstić information content (AvgIpc) is 2.76. The molecule has 96 valence electrons. The summed E-state index contributed by atoms with van der Waals surface area (Å²) in [5, 5.41) is 0.570. The molecular formula is C12H12ClF2N3. The molecule has 0 unspecified atom stereocenters. The van der Waals surface area contributed by atoms with Crippen LogP contribution in [0.15, 0.2) is 24.5 Å². The predicted molar refractivity (Wildman–Crippen MR) is 66.6 cm³/mol. The Labute approximate surface area is 108 Å². The molecule has 1 fully saturated rings. The Morgan fingerprint density at radius 3 is 2.67 bits per heavy atom. The van der Waals surface area contributed by atoms with Gasteiger partial charge in [0.2, 0.25) is 0 Å². The van der Waals surface area contributed by atoms with Crippen molar-refractivity contribution >= 4 is 23.1 Å². The number of piperidine rings is 1. The van der Waals surface area contributed by atoms with E-state index in [1.165, 1.54) is 0 Å². The summed E-state index contributed by atoms with van der Waals surface area (Å²) >= 11 is 6.03. The van der Waals surface area contributed by atoms with Gasteiger partial charge < -0.3 is 4.90 Å². The number of hydrogen-bond donors (Lipinski definition) is 0. The number of imidazole rings is 1. The monoisotopic (exact) mass is 271 g/mol. The summed E-state index contributed by atoms with van der Waals surface area (Å²) in [7, 11) is 0. The van der Waals surface area contributed by atoms with E-state index in [4.69, 9.17) is 11.6 Å². The van der Waals surface area contributed by atoms with Crippen LogP contribution in [0.1, 0.15) is 12.8 Å². The Morgan fingerprint density at radius 2 is 1.94 bits per heavy atom. The van der Waals surface area contributed by atoms with Crippen LogP contribution < -0.4 is 4.90 Å². The molecule has 0 radical (unpaired) electrons. The van der Waals surface area contributed by atoms with Crippen LogP contribution >= 0.6 is 11.6 Å². The number of hydrogen-bond acceptors (Lipinski definition) is 2. The van der Waals surface area contributed by atoms with Gasteiger partial charge >= 0.3 is 0 Å². The van der Waals surface area contributed by atoms with Crippen LogP contribution in [0.5, 0.6) is 0 Å². The highest BCUT2D eigenvalue weighted by molar-refractivity contribution is 6.31. The van der Waals surface area contributed by atoms with Gasteiger partial charge in [0.15, 0.2) is 0 Å². The third kappa shape index (κ3) is 2.03. The maximum absolute atomic E-state index is 13.2. The highest BCUT2D eigenvalue weighted by Gasteiger charge is 2.34. The smallest absolute Gasteiger partial charge is 0.251 e. The first-order valence-corrected chi connectivity index (χ1v) is 6.18. The maximum Gasteiger partial charge on any atom is 0.251 e. The van der Waals surface area contributed by atoms with Gasteiger partial charge in [-0.05, 0) is 6.07 Å². The fourth-order valence-electron chi connectivity index (χ4n) is 2.28. The van der Waals surface area contributed by atoms with Gasteiger partial charge in [-0.25, -0.2) is 13.8 Å². The van der Waals surface area contributed by atoms with Gasteiger partial charge in [0, 0.05) is 49.4 Å². The molecule has 0 bridgehead atoms. The lowest BCUT2D eigenvalue weighted by Crippen LogP contribution is -2.40. The van der Waals surface area contributed by atoms with Crippen LogP contribution in [0, 0.1) is 0 Å². The van der Waals surface area contributed by atoms with Crippen LogP contribution in [0.3, 0.4) is 0 Å². The van der Waals surface area contributed by atoms with Crippen molar-refractivity contribution in [2.75, 3.05) is 18.0 Å². The zero-order chi connectivity index (χ0) is 12.8. The Balaban J connectivity index is 1.97. The minimum Gasteiger partial charge on any atom is -0.357 e. The fourth-order valence-corrected chi connectivity index (χ4v) is 2.48. The first-order valence-electron chi connectivity index (χ1n) is 5.81. The molecule has 1 aliphatic heterocycles. The van der Waals surface area contributed by atoms with Crippen molar-refractivity contribution in [3.63, 3.8) is 0 Å². The number of halogens is 3. The summed E-state index contributed by atoms with van der Waals surface area (Å²) in [5.74, 6) is -1.71. The van der Waals surface area contributed by atoms with Gasteiger partial charge in [0.1, 0.15) is 11.5 Å². The van der Waals surface area contributed by atoms with E-state index in [0.717, 1.165) is 11.5 Å². The van der Waals surface area contributed by atoms with Gasteiger partial charge in [-0.3, -0.25) is 4.40 Å². The van der Waals surface area contributed by atoms with Crippen molar-refractivity contribution in [2.24, 2.45) is 0 Å². The van der Waals surface area contributed by atoms with Crippen LogP contribution in [0.2, 0.25) is 5.02 Å². The number of alkyl halides is 2. The van der Waals surface area contributed by atoms with Gasteiger partial charge in [-0.2, -0.15) is 0 Å². The minimum absolute atomic E-state index is 0.115.